The molecule has 8 heterocycles. The predicted octanol–water partition coefficient (Wildman–Crippen LogP) is -2.81. The highest BCUT2D eigenvalue weighted by Crippen LogP contribution is 2.81. The lowest BCUT2D eigenvalue weighted by molar-refractivity contribution is -0.311. The molecule has 2 aliphatic carbocycles. The van der Waals surface area contributed by atoms with Gasteiger partial charge in [0.15, 0.2) is 34.2 Å². The van der Waals surface area contributed by atoms with Gasteiger partial charge in [-0.1, -0.05) is 24.3 Å². The molecule has 12 atom stereocenters. The summed E-state index contributed by atoms with van der Waals surface area (Å²) in [7, 11) is 5.25. The molecule has 8 aliphatic heterocycles. The zero-order valence-electron chi connectivity index (χ0n) is 34.7. The first-order chi connectivity index (χ1) is 28.8. The molecule has 0 radical (unpaired) electrons. The fourth-order valence-corrected chi connectivity index (χ4v) is 14.8. The Morgan fingerprint density at radius 1 is 0.629 bits per heavy atom. The molecular formula is C42H44N4O16. The molecule has 2 spiro atoms. The summed E-state index contributed by atoms with van der Waals surface area (Å²) < 4.78 is 22.2. The van der Waals surface area contributed by atoms with E-state index in [0.29, 0.717) is 33.6 Å². The second-order valence-corrected chi connectivity index (χ2v) is 19.2. The Morgan fingerprint density at radius 3 is 1.29 bits per heavy atom. The standard InChI is InChI=1S/2C21H22N2O8/c2*1-17(2)11-8-9-6-5-7-10-12(9)19(15(26)22(10)3)18(11,16(27)30-4)21(29)20(28,31-19)13(24)14(25)23(17)21/h2*5-7,11,13,24,28-29H,8H2,1-4H3/t2*11-,13-,18-,19+,20+,21-/m10/s1. The number of esters is 2. The highest BCUT2D eigenvalue weighted by molar-refractivity contribution is 6.14. The molecule has 0 bridgehead atoms. The van der Waals surface area contributed by atoms with E-state index < -0.39 is 116 Å². The smallest absolute Gasteiger partial charge is 0.321 e. The van der Waals surface area contributed by atoms with Crippen molar-refractivity contribution < 1.29 is 78.4 Å². The number of likely N-dealkylation sites (N-methyl/N-ethyl adjacent to an activating group) is 2. The number of carbonyl (C=O) groups is 6. The van der Waals surface area contributed by atoms with Gasteiger partial charge in [0.05, 0.1) is 25.6 Å². The number of rotatable bonds is 2. The highest BCUT2D eigenvalue weighted by Gasteiger charge is 3.02. The van der Waals surface area contributed by atoms with E-state index in [1.807, 2.05) is 0 Å². The SMILES string of the molecule is COC(=O)[C@@]12[C@H]3Cc4cccc5c4[C@@]1(O[C@]1(O)[C@@H](O)C(=O)N(C3(C)C)[C@]21O)C(=O)N5C.COC(=O)[C@]12[C@@H]3Cc4cccc5c4[C@]1(O[C@@]1(O)[C@H](O)C(=O)N(C3(C)C)[C@@]21O)C(=O)N5C. The minimum absolute atomic E-state index is 0.218. The van der Waals surface area contributed by atoms with Crippen molar-refractivity contribution in [2.24, 2.45) is 22.7 Å². The molecule has 20 nitrogen and oxygen atoms in total. The Bertz CT molecular complexity index is 2440. The van der Waals surface area contributed by atoms with Crippen molar-refractivity contribution in [1.29, 1.82) is 0 Å². The van der Waals surface area contributed by atoms with E-state index in [0.717, 1.165) is 24.0 Å². The van der Waals surface area contributed by atoms with Crippen molar-refractivity contribution >= 4 is 46.9 Å². The van der Waals surface area contributed by atoms with Gasteiger partial charge in [0.2, 0.25) is 11.4 Å². The summed E-state index contributed by atoms with van der Waals surface area (Å²) in [5.41, 5.74) is -13.7. The maximum atomic E-state index is 13.9. The Hall–Kier alpha value is -5.06. The summed E-state index contributed by atoms with van der Waals surface area (Å²) in [5, 5.41) is 69.0. The van der Waals surface area contributed by atoms with Crippen molar-refractivity contribution in [3.8, 4) is 0 Å². The van der Waals surface area contributed by atoms with Crippen molar-refractivity contribution in [3.63, 3.8) is 0 Å². The number of nitrogens with zero attached hydrogens (tertiary/aromatic N) is 4. The number of ether oxygens (including phenoxy) is 4. The molecule has 6 N–H and O–H groups in total. The Kier molecular flexibility index (Phi) is 6.72. The number of methoxy groups -OCH3 is 2. The zero-order chi connectivity index (χ0) is 45.0. The van der Waals surface area contributed by atoms with Gasteiger partial charge in [-0.25, -0.2) is 0 Å². The van der Waals surface area contributed by atoms with Crippen LogP contribution in [0, 0.1) is 22.7 Å². The van der Waals surface area contributed by atoms with Crippen molar-refractivity contribution in [3.05, 3.63) is 58.7 Å². The first-order valence-electron chi connectivity index (χ1n) is 20.1. The van der Waals surface area contributed by atoms with Crippen LogP contribution in [-0.4, -0.2) is 151 Å². The lowest BCUT2D eigenvalue weighted by atomic mass is 9.51. The van der Waals surface area contributed by atoms with Crippen LogP contribution in [0.25, 0.3) is 0 Å². The second-order valence-electron chi connectivity index (χ2n) is 19.2. The van der Waals surface area contributed by atoms with Gasteiger partial charge in [-0.2, -0.15) is 0 Å². The van der Waals surface area contributed by atoms with E-state index in [1.54, 1.807) is 64.1 Å². The number of amides is 4. The molecule has 0 saturated carbocycles. The maximum absolute atomic E-state index is 13.9. The third-order valence-corrected chi connectivity index (χ3v) is 16.8. The lowest BCUT2D eigenvalue weighted by Crippen LogP contribution is -2.68. The minimum atomic E-state index is -2.93. The zero-order valence-corrected chi connectivity index (χ0v) is 34.7. The van der Waals surface area contributed by atoms with E-state index in [4.69, 9.17) is 18.9 Å². The predicted molar refractivity (Wildman–Crippen MR) is 202 cm³/mol. The number of carbonyl (C=O) groups excluding carboxylic acids is 6. The maximum Gasteiger partial charge on any atom is 0.321 e. The first kappa shape index (κ1) is 39.8. The number of anilines is 2. The average molecular weight is 861 g/mol. The number of aliphatic hydroxyl groups is 6. The molecule has 6 fully saturated rings. The molecule has 62 heavy (non-hydrogen) atoms. The summed E-state index contributed by atoms with van der Waals surface area (Å²) >= 11 is 0. The van der Waals surface area contributed by atoms with Crippen LogP contribution in [0.3, 0.4) is 0 Å². The van der Waals surface area contributed by atoms with Gasteiger partial charge in [0.1, 0.15) is 0 Å². The van der Waals surface area contributed by atoms with Crippen molar-refractivity contribution in [2.45, 2.75) is 98.0 Å². The van der Waals surface area contributed by atoms with Crippen LogP contribution in [0.4, 0.5) is 11.4 Å². The molecule has 2 aromatic rings. The number of aliphatic hydroxyl groups excluding tert-OH is 2. The Balaban J connectivity index is 0.000000139. The molecule has 12 rings (SSSR count). The number of hydrogen-bond acceptors (Lipinski definition) is 16. The van der Waals surface area contributed by atoms with Crippen LogP contribution in [0.15, 0.2) is 36.4 Å². The molecular weight excluding hydrogens is 816 g/mol. The molecule has 6 saturated heterocycles. The summed E-state index contributed by atoms with van der Waals surface area (Å²) in [5.74, 6) is -12.9. The molecule has 4 amide bonds. The second kappa shape index (κ2) is 10.5. The molecule has 2 aromatic carbocycles. The number of benzene rings is 2. The molecule has 20 heteroatoms. The fourth-order valence-electron chi connectivity index (χ4n) is 14.8. The highest BCUT2D eigenvalue weighted by atomic mass is 16.7. The van der Waals surface area contributed by atoms with Crippen LogP contribution in [0.2, 0.25) is 0 Å². The van der Waals surface area contributed by atoms with Crippen LogP contribution in [0.1, 0.15) is 49.9 Å². The summed E-state index contributed by atoms with van der Waals surface area (Å²) in [6, 6.07) is 10.5. The first-order valence-corrected chi connectivity index (χ1v) is 20.1. The summed E-state index contributed by atoms with van der Waals surface area (Å²) in [4.78, 5) is 85.8. The van der Waals surface area contributed by atoms with Gasteiger partial charge >= 0.3 is 11.9 Å². The number of hydrogen-bond donors (Lipinski definition) is 6. The molecule has 0 unspecified atom stereocenters. The van der Waals surface area contributed by atoms with E-state index in [1.165, 1.54) is 23.9 Å². The quantitative estimate of drug-likeness (QED) is 0.166. The van der Waals surface area contributed by atoms with E-state index >= 15 is 0 Å². The van der Waals surface area contributed by atoms with E-state index in [9.17, 15) is 59.4 Å². The summed E-state index contributed by atoms with van der Waals surface area (Å²) in [6.45, 7) is 6.56. The van der Waals surface area contributed by atoms with E-state index in [-0.39, 0.29) is 12.8 Å². The van der Waals surface area contributed by atoms with Crippen LogP contribution in [-0.2, 0) is 71.8 Å². The van der Waals surface area contributed by atoms with Gasteiger partial charge in [0, 0.05) is 48.1 Å². The summed E-state index contributed by atoms with van der Waals surface area (Å²) in [6.07, 6.45) is -3.96. The topological polar surface area (TPSA) is 274 Å². The lowest BCUT2D eigenvalue weighted by Gasteiger charge is -2.48. The molecule has 0 aromatic heterocycles. The fraction of sp³-hybridized carbons (Fsp3) is 0.571. The van der Waals surface area contributed by atoms with Crippen LogP contribution >= 0.6 is 0 Å². The third kappa shape index (κ3) is 3.05. The van der Waals surface area contributed by atoms with Crippen LogP contribution in [0.5, 0.6) is 0 Å². The van der Waals surface area contributed by atoms with E-state index in [2.05, 4.69) is 0 Å². The van der Waals surface area contributed by atoms with Gasteiger partial charge in [-0.15, -0.1) is 0 Å². The Labute approximate surface area is 352 Å². The van der Waals surface area contributed by atoms with Crippen molar-refractivity contribution in [2.75, 3.05) is 38.1 Å². The van der Waals surface area contributed by atoms with Gasteiger partial charge in [-0.05, 0) is 63.8 Å². The van der Waals surface area contributed by atoms with Gasteiger partial charge < -0.3 is 69.2 Å². The monoisotopic (exact) mass is 860 g/mol. The minimum Gasteiger partial charge on any atom is -0.468 e. The third-order valence-electron chi connectivity index (χ3n) is 16.8. The largest absolute Gasteiger partial charge is 0.468 e. The average Bonchev–Trinajstić information content (AvgIpc) is 3.92. The molecule has 10 aliphatic rings. The van der Waals surface area contributed by atoms with Gasteiger partial charge in [0.25, 0.3) is 35.2 Å². The normalized spacial score (nSPS) is 45.3. The van der Waals surface area contributed by atoms with Crippen LogP contribution < -0.4 is 9.80 Å². The Morgan fingerprint density at radius 2 is 0.968 bits per heavy atom. The molecule has 328 valence electrons. The van der Waals surface area contributed by atoms with Crippen molar-refractivity contribution in [1.82, 2.24) is 9.80 Å². The van der Waals surface area contributed by atoms with Gasteiger partial charge in [-0.3, -0.25) is 28.8 Å².